The molecule has 1 aliphatic carbocycles. The van der Waals surface area contributed by atoms with E-state index in [4.69, 9.17) is 0 Å². The van der Waals surface area contributed by atoms with Gasteiger partial charge >= 0.3 is 0 Å². The molecule has 0 heterocycles. The van der Waals surface area contributed by atoms with E-state index in [1.54, 1.807) is 0 Å². The Bertz CT molecular complexity index is 116. The molecule has 0 N–H and O–H groups in total. The van der Waals surface area contributed by atoms with E-state index in [1.165, 1.54) is 64.2 Å². The van der Waals surface area contributed by atoms with Gasteiger partial charge in [-0.05, 0) is 11.8 Å². The number of hydrogen-bond donors (Lipinski definition) is 0. The van der Waals surface area contributed by atoms with Crippen LogP contribution in [0, 0.1) is 11.8 Å². The summed E-state index contributed by atoms with van der Waals surface area (Å²) >= 11 is 0. The van der Waals surface area contributed by atoms with Crippen molar-refractivity contribution >= 4 is 0 Å². The highest BCUT2D eigenvalue weighted by molar-refractivity contribution is 4.66. The lowest BCUT2D eigenvalue weighted by Gasteiger charge is -2.17. The third-order valence-electron chi connectivity index (χ3n) is 4.11. The zero-order valence-corrected chi connectivity index (χ0v) is 10.2. The molecule has 0 spiro atoms. The molecular weight excluding hydrogens is 168 g/mol. The quantitative estimate of drug-likeness (QED) is 0.532. The van der Waals surface area contributed by atoms with Gasteiger partial charge in [-0.1, -0.05) is 78.1 Å². The van der Waals surface area contributed by atoms with Gasteiger partial charge in [-0.25, -0.2) is 0 Å². The van der Waals surface area contributed by atoms with Crippen LogP contribution in [0.25, 0.3) is 0 Å². The molecule has 0 saturated heterocycles. The molecule has 1 fully saturated rings. The molecule has 1 aliphatic rings. The molecule has 0 aromatic carbocycles. The summed E-state index contributed by atoms with van der Waals surface area (Å²) in [7, 11) is 0. The zero-order valence-electron chi connectivity index (χ0n) is 10.2. The van der Waals surface area contributed by atoms with E-state index in [2.05, 4.69) is 13.8 Å². The third-order valence-corrected chi connectivity index (χ3v) is 4.11. The average Bonchev–Trinajstić information content (AvgIpc) is 2.48. The first-order valence-electron chi connectivity index (χ1n) is 6.86. The SMILES string of the molecule is CCC(CC)CCC1CCCCCC1. The van der Waals surface area contributed by atoms with E-state index in [-0.39, 0.29) is 0 Å². The van der Waals surface area contributed by atoms with Crippen LogP contribution in [0.15, 0.2) is 0 Å². The van der Waals surface area contributed by atoms with Gasteiger partial charge in [0.15, 0.2) is 0 Å². The Hall–Kier alpha value is 0. The Morgan fingerprint density at radius 2 is 1.50 bits per heavy atom. The first-order chi connectivity index (χ1) is 6.86. The number of rotatable bonds is 5. The second kappa shape index (κ2) is 7.31. The second-order valence-corrected chi connectivity index (χ2v) is 5.12. The highest BCUT2D eigenvalue weighted by atomic mass is 14.2. The van der Waals surface area contributed by atoms with E-state index >= 15 is 0 Å². The molecule has 0 bridgehead atoms. The molecule has 14 heavy (non-hydrogen) atoms. The van der Waals surface area contributed by atoms with E-state index < -0.39 is 0 Å². The fourth-order valence-corrected chi connectivity index (χ4v) is 2.82. The van der Waals surface area contributed by atoms with Gasteiger partial charge in [0.1, 0.15) is 0 Å². The largest absolute Gasteiger partial charge is 0.0651 e. The van der Waals surface area contributed by atoms with E-state index in [0.29, 0.717) is 0 Å². The highest BCUT2D eigenvalue weighted by Gasteiger charge is 2.13. The molecule has 1 rings (SSSR count). The monoisotopic (exact) mass is 196 g/mol. The lowest BCUT2D eigenvalue weighted by molar-refractivity contribution is 0.351. The molecule has 1 saturated carbocycles. The van der Waals surface area contributed by atoms with Crippen molar-refractivity contribution in [2.45, 2.75) is 78.1 Å². The maximum Gasteiger partial charge on any atom is -0.0414 e. The van der Waals surface area contributed by atoms with Crippen LogP contribution >= 0.6 is 0 Å². The van der Waals surface area contributed by atoms with Crippen molar-refractivity contribution < 1.29 is 0 Å². The molecule has 0 aromatic rings. The summed E-state index contributed by atoms with van der Waals surface area (Å²) in [6.07, 6.45) is 14.9. The van der Waals surface area contributed by atoms with Crippen molar-refractivity contribution in [2.75, 3.05) is 0 Å². The summed E-state index contributed by atoms with van der Waals surface area (Å²) in [6, 6.07) is 0. The Kier molecular flexibility index (Phi) is 6.31. The van der Waals surface area contributed by atoms with Crippen LogP contribution in [0.5, 0.6) is 0 Å². The van der Waals surface area contributed by atoms with Gasteiger partial charge in [0.05, 0.1) is 0 Å². The Morgan fingerprint density at radius 1 is 0.929 bits per heavy atom. The molecule has 0 heteroatoms. The number of hydrogen-bond acceptors (Lipinski definition) is 0. The smallest absolute Gasteiger partial charge is 0.0414 e. The van der Waals surface area contributed by atoms with Crippen LogP contribution < -0.4 is 0 Å². The first kappa shape index (κ1) is 12.1. The van der Waals surface area contributed by atoms with Crippen molar-refractivity contribution in [1.29, 1.82) is 0 Å². The normalized spacial score (nSPS) is 19.9. The van der Waals surface area contributed by atoms with E-state index in [1.807, 2.05) is 0 Å². The Balaban J connectivity index is 2.14. The first-order valence-corrected chi connectivity index (χ1v) is 6.86. The molecule has 0 aliphatic heterocycles. The Labute approximate surface area is 90.5 Å². The van der Waals surface area contributed by atoms with Gasteiger partial charge in [0.2, 0.25) is 0 Å². The van der Waals surface area contributed by atoms with Crippen molar-refractivity contribution in [1.82, 2.24) is 0 Å². The van der Waals surface area contributed by atoms with E-state index in [9.17, 15) is 0 Å². The van der Waals surface area contributed by atoms with Crippen LogP contribution in [0.4, 0.5) is 0 Å². The maximum atomic E-state index is 2.35. The summed E-state index contributed by atoms with van der Waals surface area (Å²) in [6.45, 7) is 4.70. The second-order valence-electron chi connectivity index (χ2n) is 5.12. The standard InChI is InChI=1S/C14H28/c1-3-13(4-2)11-12-14-9-7-5-6-8-10-14/h13-14H,3-12H2,1-2H3. The molecule has 0 radical (unpaired) electrons. The van der Waals surface area contributed by atoms with Gasteiger partial charge in [-0.15, -0.1) is 0 Å². The van der Waals surface area contributed by atoms with Crippen molar-refractivity contribution in [2.24, 2.45) is 11.8 Å². The Morgan fingerprint density at radius 3 is 2.00 bits per heavy atom. The molecule has 0 aromatic heterocycles. The lowest BCUT2D eigenvalue weighted by atomic mass is 9.88. The average molecular weight is 196 g/mol. The molecule has 0 unspecified atom stereocenters. The van der Waals surface area contributed by atoms with Gasteiger partial charge in [0.25, 0.3) is 0 Å². The highest BCUT2D eigenvalue weighted by Crippen LogP contribution is 2.28. The maximum absolute atomic E-state index is 2.35. The van der Waals surface area contributed by atoms with Crippen LogP contribution in [0.2, 0.25) is 0 Å². The summed E-state index contributed by atoms with van der Waals surface area (Å²) in [5.41, 5.74) is 0. The topological polar surface area (TPSA) is 0 Å². The van der Waals surface area contributed by atoms with Crippen molar-refractivity contribution in [3.05, 3.63) is 0 Å². The van der Waals surface area contributed by atoms with Gasteiger partial charge in [-0.2, -0.15) is 0 Å². The molecule has 0 atom stereocenters. The summed E-state index contributed by atoms with van der Waals surface area (Å²) in [5, 5.41) is 0. The van der Waals surface area contributed by atoms with Crippen molar-refractivity contribution in [3.63, 3.8) is 0 Å². The van der Waals surface area contributed by atoms with Crippen molar-refractivity contribution in [3.8, 4) is 0 Å². The molecule has 0 amide bonds. The minimum Gasteiger partial charge on any atom is -0.0651 e. The summed E-state index contributed by atoms with van der Waals surface area (Å²) in [5.74, 6) is 2.09. The van der Waals surface area contributed by atoms with Crippen LogP contribution in [0.3, 0.4) is 0 Å². The van der Waals surface area contributed by atoms with E-state index in [0.717, 1.165) is 11.8 Å². The predicted octanol–water partition coefficient (Wildman–Crippen LogP) is 5.17. The third kappa shape index (κ3) is 4.48. The van der Waals surface area contributed by atoms with Gasteiger partial charge < -0.3 is 0 Å². The fourth-order valence-electron chi connectivity index (χ4n) is 2.82. The minimum atomic E-state index is 1.01. The zero-order chi connectivity index (χ0) is 10.2. The van der Waals surface area contributed by atoms with Crippen LogP contribution in [-0.2, 0) is 0 Å². The van der Waals surface area contributed by atoms with Crippen LogP contribution in [0.1, 0.15) is 78.1 Å². The summed E-state index contributed by atoms with van der Waals surface area (Å²) < 4.78 is 0. The van der Waals surface area contributed by atoms with Gasteiger partial charge in [-0.3, -0.25) is 0 Å². The summed E-state index contributed by atoms with van der Waals surface area (Å²) in [4.78, 5) is 0. The minimum absolute atomic E-state index is 1.01. The fraction of sp³-hybridized carbons (Fsp3) is 1.00. The lowest BCUT2D eigenvalue weighted by Crippen LogP contribution is -2.04. The molecule has 84 valence electrons. The van der Waals surface area contributed by atoms with Gasteiger partial charge in [0, 0.05) is 0 Å². The molecule has 0 nitrogen and oxygen atoms in total. The van der Waals surface area contributed by atoms with Crippen LogP contribution in [-0.4, -0.2) is 0 Å². The predicted molar refractivity (Wildman–Crippen MR) is 64.5 cm³/mol. The molecular formula is C14H28.